The summed E-state index contributed by atoms with van der Waals surface area (Å²) >= 11 is 3.34. The highest BCUT2D eigenvalue weighted by Crippen LogP contribution is 2.27. The van der Waals surface area contributed by atoms with Crippen molar-refractivity contribution in [3.8, 4) is 0 Å². The molecular weight excluding hydrogens is 238 g/mol. The minimum Gasteiger partial charge on any atom is -0.388 e. The number of thioether (sulfide) groups is 1. The van der Waals surface area contributed by atoms with Crippen molar-refractivity contribution in [3.05, 3.63) is 46.4 Å². The molecule has 0 amide bonds. The van der Waals surface area contributed by atoms with Crippen LogP contribution in [0.4, 0.5) is 0 Å². The van der Waals surface area contributed by atoms with Crippen molar-refractivity contribution in [2.45, 2.75) is 23.7 Å². The first-order valence-electron chi connectivity index (χ1n) is 5.06. The highest BCUT2D eigenvalue weighted by atomic mass is 32.2. The van der Waals surface area contributed by atoms with Gasteiger partial charge in [-0.2, -0.15) is 0 Å². The molecule has 16 heavy (non-hydrogen) atoms. The van der Waals surface area contributed by atoms with Gasteiger partial charge in [0.25, 0.3) is 0 Å². The Morgan fingerprint density at radius 2 is 2.12 bits per heavy atom. The van der Waals surface area contributed by atoms with Crippen molar-refractivity contribution >= 4 is 23.1 Å². The molecule has 0 aliphatic carbocycles. The van der Waals surface area contributed by atoms with E-state index in [4.69, 9.17) is 0 Å². The molecule has 2 rings (SSSR count). The molecule has 0 spiro atoms. The second kappa shape index (κ2) is 5.48. The van der Waals surface area contributed by atoms with Gasteiger partial charge in [-0.05, 0) is 19.1 Å². The monoisotopic (exact) mass is 251 g/mol. The summed E-state index contributed by atoms with van der Waals surface area (Å²) in [6, 6.07) is 10.3. The summed E-state index contributed by atoms with van der Waals surface area (Å²) < 4.78 is 0. The fraction of sp³-hybridized carbons (Fsp3) is 0.250. The number of aliphatic hydroxyl groups excluding tert-OH is 1. The first-order chi connectivity index (χ1) is 7.75. The van der Waals surface area contributed by atoms with Crippen LogP contribution in [0, 0.1) is 0 Å². The van der Waals surface area contributed by atoms with E-state index in [1.165, 1.54) is 4.90 Å². The van der Waals surface area contributed by atoms with Crippen molar-refractivity contribution in [3.63, 3.8) is 0 Å². The molecule has 2 nitrogen and oxygen atoms in total. The number of hydrogen-bond acceptors (Lipinski definition) is 4. The van der Waals surface area contributed by atoms with E-state index in [-0.39, 0.29) is 0 Å². The van der Waals surface area contributed by atoms with Crippen molar-refractivity contribution in [2.24, 2.45) is 0 Å². The molecule has 1 N–H and O–H groups in total. The Kier molecular flexibility index (Phi) is 3.98. The molecule has 0 aliphatic rings. The van der Waals surface area contributed by atoms with Gasteiger partial charge in [0.15, 0.2) is 0 Å². The molecule has 2 aromatic rings. The summed E-state index contributed by atoms with van der Waals surface area (Å²) in [7, 11) is 0. The maximum Gasteiger partial charge on any atom is 0.103 e. The number of thiazole rings is 1. The summed E-state index contributed by atoms with van der Waals surface area (Å²) in [5.41, 5.74) is 0. The summed E-state index contributed by atoms with van der Waals surface area (Å²) in [5, 5.41) is 10.4. The van der Waals surface area contributed by atoms with Crippen LogP contribution in [-0.2, 0) is 5.75 Å². The van der Waals surface area contributed by atoms with Crippen LogP contribution in [0.15, 0.2) is 41.4 Å². The van der Waals surface area contributed by atoms with Crippen molar-refractivity contribution < 1.29 is 5.11 Å². The van der Waals surface area contributed by atoms with E-state index in [9.17, 15) is 5.11 Å². The number of hydrogen-bond donors (Lipinski definition) is 1. The molecule has 1 atom stereocenters. The Labute approximate surface area is 103 Å². The van der Waals surface area contributed by atoms with Crippen LogP contribution in [-0.4, -0.2) is 10.1 Å². The van der Waals surface area contributed by atoms with Gasteiger partial charge in [0, 0.05) is 11.1 Å². The van der Waals surface area contributed by atoms with Gasteiger partial charge >= 0.3 is 0 Å². The quantitative estimate of drug-likeness (QED) is 0.844. The van der Waals surface area contributed by atoms with Crippen LogP contribution in [0.1, 0.15) is 22.9 Å². The summed E-state index contributed by atoms with van der Waals surface area (Å²) in [6.07, 6.45) is 1.35. The third-order valence-electron chi connectivity index (χ3n) is 2.09. The molecule has 84 valence electrons. The van der Waals surface area contributed by atoms with E-state index < -0.39 is 6.10 Å². The highest BCUT2D eigenvalue weighted by Gasteiger charge is 2.06. The fourth-order valence-electron chi connectivity index (χ4n) is 1.25. The molecule has 1 aromatic carbocycles. The van der Waals surface area contributed by atoms with Gasteiger partial charge in [0.2, 0.25) is 0 Å². The van der Waals surface area contributed by atoms with Crippen LogP contribution in [0.3, 0.4) is 0 Å². The standard InChI is InChI=1S/C12H13NOS2/c1-9(14)11-7-13-12(16-11)8-15-10-5-3-2-4-6-10/h2-7,9,14H,8H2,1H3. The Balaban J connectivity index is 1.95. The third kappa shape index (κ3) is 3.07. The zero-order valence-electron chi connectivity index (χ0n) is 8.96. The van der Waals surface area contributed by atoms with E-state index >= 15 is 0 Å². The van der Waals surface area contributed by atoms with Gasteiger partial charge in [0.05, 0.1) is 16.7 Å². The average molecular weight is 251 g/mol. The number of aromatic nitrogens is 1. The third-order valence-corrected chi connectivity index (χ3v) is 4.46. The molecule has 0 aliphatic heterocycles. The molecular formula is C12H13NOS2. The van der Waals surface area contributed by atoms with Crippen LogP contribution < -0.4 is 0 Å². The predicted molar refractivity (Wildman–Crippen MR) is 68.8 cm³/mol. The molecule has 1 heterocycles. The molecule has 4 heteroatoms. The van der Waals surface area contributed by atoms with Gasteiger partial charge in [0.1, 0.15) is 5.01 Å². The molecule has 1 unspecified atom stereocenters. The summed E-state index contributed by atoms with van der Waals surface area (Å²) in [5.74, 6) is 0.862. The lowest BCUT2D eigenvalue weighted by molar-refractivity contribution is 0.203. The van der Waals surface area contributed by atoms with Crippen molar-refractivity contribution in [2.75, 3.05) is 0 Å². The Morgan fingerprint density at radius 3 is 2.75 bits per heavy atom. The fourth-order valence-corrected chi connectivity index (χ4v) is 3.03. The number of nitrogens with zero attached hydrogens (tertiary/aromatic N) is 1. The zero-order valence-corrected chi connectivity index (χ0v) is 10.6. The van der Waals surface area contributed by atoms with E-state index in [0.29, 0.717) is 0 Å². The van der Waals surface area contributed by atoms with Crippen LogP contribution in [0.2, 0.25) is 0 Å². The highest BCUT2D eigenvalue weighted by molar-refractivity contribution is 7.98. The number of aliphatic hydroxyl groups is 1. The second-order valence-electron chi connectivity index (χ2n) is 3.43. The summed E-state index contributed by atoms with van der Waals surface area (Å²) in [4.78, 5) is 6.47. The Hall–Kier alpha value is -0.840. The minimum absolute atomic E-state index is 0.409. The van der Waals surface area contributed by atoms with E-state index in [1.54, 1.807) is 36.2 Å². The van der Waals surface area contributed by atoms with Gasteiger partial charge < -0.3 is 5.11 Å². The SMILES string of the molecule is CC(O)c1cnc(CSc2ccccc2)s1. The average Bonchev–Trinajstić information content (AvgIpc) is 2.76. The number of benzene rings is 1. The van der Waals surface area contributed by atoms with E-state index in [2.05, 4.69) is 17.1 Å². The largest absolute Gasteiger partial charge is 0.388 e. The number of rotatable bonds is 4. The summed E-state index contributed by atoms with van der Waals surface area (Å²) in [6.45, 7) is 1.77. The molecule has 0 saturated carbocycles. The topological polar surface area (TPSA) is 33.1 Å². The first-order valence-corrected chi connectivity index (χ1v) is 6.86. The van der Waals surface area contributed by atoms with E-state index in [0.717, 1.165) is 15.6 Å². The Morgan fingerprint density at radius 1 is 1.38 bits per heavy atom. The Bertz CT molecular complexity index is 439. The second-order valence-corrected chi connectivity index (χ2v) is 5.63. The molecule has 0 radical (unpaired) electrons. The molecule has 1 aromatic heterocycles. The maximum absolute atomic E-state index is 9.39. The molecule has 0 bridgehead atoms. The lowest BCUT2D eigenvalue weighted by atomic mass is 10.4. The lowest BCUT2D eigenvalue weighted by Crippen LogP contribution is -1.83. The van der Waals surface area contributed by atoms with Crippen LogP contribution in [0.5, 0.6) is 0 Å². The minimum atomic E-state index is -0.409. The van der Waals surface area contributed by atoms with Gasteiger partial charge in [-0.25, -0.2) is 4.98 Å². The first kappa shape index (κ1) is 11.6. The molecule has 0 fully saturated rings. The van der Waals surface area contributed by atoms with Gasteiger partial charge in [-0.15, -0.1) is 23.1 Å². The molecule has 0 saturated heterocycles. The van der Waals surface area contributed by atoms with Crippen LogP contribution in [0.25, 0.3) is 0 Å². The predicted octanol–water partition coefficient (Wildman–Crippen LogP) is 3.49. The zero-order chi connectivity index (χ0) is 11.4. The van der Waals surface area contributed by atoms with E-state index in [1.807, 2.05) is 18.2 Å². The maximum atomic E-state index is 9.39. The van der Waals surface area contributed by atoms with Gasteiger partial charge in [-0.1, -0.05) is 18.2 Å². The van der Waals surface area contributed by atoms with Crippen LogP contribution >= 0.6 is 23.1 Å². The lowest BCUT2D eigenvalue weighted by Gasteiger charge is -1.98. The van der Waals surface area contributed by atoms with Crippen molar-refractivity contribution in [1.82, 2.24) is 4.98 Å². The normalized spacial score (nSPS) is 12.6. The van der Waals surface area contributed by atoms with Crippen molar-refractivity contribution in [1.29, 1.82) is 0 Å². The smallest absolute Gasteiger partial charge is 0.103 e. The van der Waals surface area contributed by atoms with Gasteiger partial charge in [-0.3, -0.25) is 0 Å².